The zero-order valence-corrected chi connectivity index (χ0v) is 18.0. The number of hydrogen-bond acceptors (Lipinski definition) is 3. The Hall–Kier alpha value is -0.0900. The lowest BCUT2D eigenvalue weighted by Gasteiger charge is -2.07. The Labute approximate surface area is 161 Å². The smallest absolute Gasteiger partial charge is 0.225 e. The number of carbonyl (C=O) groups excluding carboxylic acids is 1. The highest BCUT2D eigenvalue weighted by atomic mass is 35.5. The molecule has 150 valence electrons. The average molecular weight is 395 g/mol. The fourth-order valence-electron chi connectivity index (χ4n) is 3.05. The third kappa shape index (κ3) is 17.1. The normalized spacial score (nSPS) is 13.1. The second-order valence-electron chi connectivity index (χ2n) is 7.42. The van der Waals surface area contributed by atoms with Gasteiger partial charge < -0.3 is 0 Å². The predicted octanol–water partition coefficient (Wildman–Crippen LogP) is 6.28. The maximum absolute atomic E-state index is 11.9. The van der Waals surface area contributed by atoms with Crippen molar-refractivity contribution in [3.8, 4) is 0 Å². The Morgan fingerprint density at radius 1 is 0.760 bits per heavy atom. The maximum Gasteiger partial charge on any atom is 0.225 e. The number of unbranched alkanes of at least 4 members (excludes halogenated alkanes) is 13. The molecule has 0 aromatic rings. The van der Waals surface area contributed by atoms with Gasteiger partial charge in [0.05, 0.1) is 11.5 Å². The van der Waals surface area contributed by atoms with E-state index in [0.717, 1.165) is 12.8 Å². The van der Waals surface area contributed by atoms with E-state index in [0.29, 0.717) is 6.42 Å². The van der Waals surface area contributed by atoms with Crippen molar-refractivity contribution in [2.45, 2.75) is 104 Å². The number of hydrogen-bond donors (Lipinski definition) is 0. The molecule has 0 aliphatic carbocycles. The standard InChI is InChI=1S/C20H39ClO3S/c1-3-4-5-6-7-8-9-10-11-12-13-14-15-16-17-25(23,24)18-19(2)20(21)22/h19H,3-18H2,1-2H3. The average Bonchev–Trinajstić information content (AvgIpc) is 2.54. The van der Waals surface area contributed by atoms with E-state index in [2.05, 4.69) is 6.92 Å². The van der Waals surface area contributed by atoms with Crippen LogP contribution in [-0.4, -0.2) is 25.2 Å². The van der Waals surface area contributed by atoms with Crippen molar-refractivity contribution in [2.75, 3.05) is 11.5 Å². The van der Waals surface area contributed by atoms with Crippen molar-refractivity contribution >= 4 is 26.7 Å². The molecule has 0 radical (unpaired) electrons. The molecular weight excluding hydrogens is 356 g/mol. The van der Waals surface area contributed by atoms with E-state index in [4.69, 9.17) is 11.6 Å². The summed E-state index contributed by atoms with van der Waals surface area (Å²) in [6, 6.07) is 0. The number of rotatable bonds is 18. The summed E-state index contributed by atoms with van der Waals surface area (Å²) in [5.74, 6) is -0.536. The van der Waals surface area contributed by atoms with E-state index < -0.39 is 21.0 Å². The molecule has 0 bridgehead atoms. The molecule has 25 heavy (non-hydrogen) atoms. The van der Waals surface area contributed by atoms with Crippen LogP contribution in [0.15, 0.2) is 0 Å². The van der Waals surface area contributed by atoms with Crippen molar-refractivity contribution in [3.05, 3.63) is 0 Å². The Morgan fingerprint density at radius 2 is 1.12 bits per heavy atom. The van der Waals surface area contributed by atoms with Gasteiger partial charge in [-0.3, -0.25) is 4.79 Å². The summed E-state index contributed by atoms with van der Waals surface area (Å²) in [6.07, 6.45) is 17.5. The fraction of sp³-hybridized carbons (Fsp3) is 0.950. The minimum Gasteiger partial charge on any atom is -0.281 e. The highest BCUT2D eigenvalue weighted by Crippen LogP contribution is 2.14. The Morgan fingerprint density at radius 3 is 1.48 bits per heavy atom. The van der Waals surface area contributed by atoms with E-state index in [9.17, 15) is 13.2 Å². The van der Waals surface area contributed by atoms with E-state index in [1.165, 1.54) is 70.6 Å². The first-order valence-electron chi connectivity index (χ1n) is 10.3. The van der Waals surface area contributed by atoms with Crippen LogP contribution in [0.5, 0.6) is 0 Å². The van der Waals surface area contributed by atoms with Crippen LogP contribution in [0.3, 0.4) is 0 Å². The molecule has 1 atom stereocenters. The molecule has 1 unspecified atom stereocenters. The van der Waals surface area contributed by atoms with Crippen LogP contribution in [0.2, 0.25) is 0 Å². The second kappa shape index (κ2) is 16.1. The van der Waals surface area contributed by atoms with E-state index in [1.54, 1.807) is 6.92 Å². The predicted molar refractivity (Wildman–Crippen MR) is 109 cm³/mol. The summed E-state index contributed by atoms with van der Waals surface area (Å²) >= 11 is 5.32. The molecule has 0 rings (SSSR count). The molecule has 0 amide bonds. The Bertz CT molecular complexity index is 421. The Balaban J connectivity index is 3.37. The van der Waals surface area contributed by atoms with E-state index in [-0.39, 0.29) is 11.5 Å². The van der Waals surface area contributed by atoms with Gasteiger partial charge in [-0.15, -0.1) is 0 Å². The van der Waals surface area contributed by atoms with Crippen LogP contribution in [0.25, 0.3) is 0 Å². The van der Waals surface area contributed by atoms with Crippen LogP contribution in [0.4, 0.5) is 0 Å². The summed E-state index contributed by atoms with van der Waals surface area (Å²) in [5, 5.41) is -0.565. The molecule has 0 spiro atoms. The molecule has 0 fully saturated rings. The van der Waals surface area contributed by atoms with Crippen molar-refractivity contribution in [1.29, 1.82) is 0 Å². The van der Waals surface area contributed by atoms with Gasteiger partial charge in [0.25, 0.3) is 0 Å². The number of halogens is 1. The highest BCUT2D eigenvalue weighted by Gasteiger charge is 2.19. The van der Waals surface area contributed by atoms with Gasteiger partial charge >= 0.3 is 0 Å². The quantitative estimate of drug-likeness (QED) is 0.203. The van der Waals surface area contributed by atoms with E-state index in [1.807, 2.05) is 0 Å². The van der Waals surface area contributed by atoms with Crippen LogP contribution in [0.1, 0.15) is 104 Å². The number of sulfone groups is 1. The zero-order chi connectivity index (χ0) is 19.0. The maximum atomic E-state index is 11.9. The van der Waals surface area contributed by atoms with Gasteiger partial charge in [0.2, 0.25) is 5.24 Å². The van der Waals surface area contributed by atoms with Gasteiger partial charge in [-0.2, -0.15) is 0 Å². The van der Waals surface area contributed by atoms with Crippen molar-refractivity contribution in [1.82, 2.24) is 0 Å². The van der Waals surface area contributed by atoms with Crippen LogP contribution < -0.4 is 0 Å². The summed E-state index contributed by atoms with van der Waals surface area (Å²) in [4.78, 5) is 10.9. The first-order valence-corrected chi connectivity index (χ1v) is 12.5. The van der Waals surface area contributed by atoms with Gasteiger partial charge in [0.1, 0.15) is 0 Å². The molecule has 0 saturated heterocycles. The summed E-state index contributed by atoms with van der Waals surface area (Å²) < 4.78 is 23.7. The third-order valence-corrected chi connectivity index (χ3v) is 6.99. The lowest BCUT2D eigenvalue weighted by Crippen LogP contribution is -2.20. The Kier molecular flexibility index (Phi) is 16.1. The van der Waals surface area contributed by atoms with Gasteiger partial charge in [-0.25, -0.2) is 8.42 Å². The van der Waals surface area contributed by atoms with Crippen molar-refractivity contribution in [2.24, 2.45) is 5.92 Å². The fourth-order valence-corrected chi connectivity index (χ4v) is 4.94. The SMILES string of the molecule is CCCCCCCCCCCCCCCCS(=O)(=O)CC(C)C(=O)Cl. The van der Waals surface area contributed by atoms with Crippen molar-refractivity contribution < 1.29 is 13.2 Å². The first-order chi connectivity index (χ1) is 11.9. The van der Waals surface area contributed by atoms with Crippen LogP contribution in [0, 0.1) is 5.92 Å². The largest absolute Gasteiger partial charge is 0.281 e. The summed E-state index contributed by atoms with van der Waals surface area (Å²) in [7, 11) is -3.15. The van der Waals surface area contributed by atoms with E-state index >= 15 is 0 Å². The molecule has 0 N–H and O–H groups in total. The minimum atomic E-state index is -3.15. The molecular formula is C20H39ClO3S. The summed E-state index contributed by atoms with van der Waals surface area (Å²) in [5.41, 5.74) is 0. The lowest BCUT2D eigenvalue weighted by molar-refractivity contribution is -0.114. The summed E-state index contributed by atoms with van der Waals surface area (Å²) in [6.45, 7) is 3.82. The first kappa shape index (κ1) is 24.9. The van der Waals surface area contributed by atoms with Gasteiger partial charge in [0.15, 0.2) is 9.84 Å². The molecule has 0 aromatic heterocycles. The molecule has 0 aromatic carbocycles. The molecule has 0 heterocycles. The van der Waals surface area contributed by atoms with Crippen LogP contribution in [-0.2, 0) is 14.6 Å². The van der Waals surface area contributed by atoms with Crippen molar-refractivity contribution in [3.63, 3.8) is 0 Å². The monoisotopic (exact) mass is 394 g/mol. The van der Waals surface area contributed by atoms with Crippen LogP contribution >= 0.6 is 11.6 Å². The van der Waals surface area contributed by atoms with Gasteiger partial charge in [0, 0.05) is 5.92 Å². The molecule has 0 aliphatic heterocycles. The molecule has 0 aliphatic rings. The topological polar surface area (TPSA) is 51.2 Å². The van der Waals surface area contributed by atoms with Gasteiger partial charge in [-0.05, 0) is 18.0 Å². The number of carbonyl (C=O) groups is 1. The molecule has 3 nitrogen and oxygen atoms in total. The second-order valence-corrected chi connectivity index (χ2v) is 10.0. The van der Waals surface area contributed by atoms with Gasteiger partial charge in [-0.1, -0.05) is 97.3 Å². The lowest BCUT2D eigenvalue weighted by atomic mass is 10.0. The third-order valence-electron chi connectivity index (χ3n) is 4.70. The molecule has 5 heteroatoms. The molecule has 0 saturated carbocycles. The highest BCUT2D eigenvalue weighted by molar-refractivity contribution is 7.91. The minimum absolute atomic E-state index is 0.117. The zero-order valence-electron chi connectivity index (χ0n) is 16.4.